The fourth-order valence-corrected chi connectivity index (χ4v) is 5.46. The molecule has 1 N–H and O–H groups in total. The lowest BCUT2D eigenvalue weighted by Gasteiger charge is -2.09. The Morgan fingerprint density at radius 2 is 1.77 bits per heavy atom. The lowest BCUT2D eigenvalue weighted by Crippen LogP contribution is -2.11. The number of carboxylic acids is 1. The van der Waals surface area contributed by atoms with Crippen LogP contribution in [0.25, 0.3) is 11.4 Å². The predicted molar refractivity (Wildman–Crippen MR) is 117 cm³/mol. The third-order valence-corrected chi connectivity index (χ3v) is 7.54. The third-order valence-electron chi connectivity index (χ3n) is 4.33. The van der Waals surface area contributed by atoms with Gasteiger partial charge in [-0.3, -0.25) is 4.79 Å². The first-order valence-corrected chi connectivity index (χ1v) is 12.1. The fourth-order valence-electron chi connectivity index (χ4n) is 2.72. The first-order valence-electron chi connectivity index (χ1n) is 9.09. The van der Waals surface area contributed by atoms with Crippen LogP contribution in [0.2, 0.25) is 5.02 Å². The minimum atomic E-state index is -3.47. The molecule has 158 valence electrons. The van der Waals surface area contributed by atoms with Gasteiger partial charge in [0.05, 0.1) is 17.1 Å². The first-order chi connectivity index (χ1) is 14.3. The van der Waals surface area contributed by atoms with Crippen molar-refractivity contribution in [1.29, 1.82) is 0 Å². The van der Waals surface area contributed by atoms with Gasteiger partial charge in [0.15, 0.2) is 20.8 Å². The maximum atomic E-state index is 12.5. The number of carbonyl (C=O) groups is 1. The minimum Gasteiger partial charge on any atom is -0.481 e. The molecule has 1 heterocycles. The minimum absolute atomic E-state index is 0.0897. The van der Waals surface area contributed by atoms with E-state index in [0.29, 0.717) is 16.0 Å². The molecule has 30 heavy (non-hydrogen) atoms. The van der Waals surface area contributed by atoms with Crippen molar-refractivity contribution in [3.63, 3.8) is 0 Å². The van der Waals surface area contributed by atoms with Crippen molar-refractivity contribution in [2.45, 2.75) is 29.9 Å². The molecular weight excluding hydrogens is 446 g/mol. The highest BCUT2D eigenvalue weighted by Gasteiger charge is 2.18. The van der Waals surface area contributed by atoms with Gasteiger partial charge in [0.1, 0.15) is 0 Å². The van der Waals surface area contributed by atoms with E-state index in [1.807, 2.05) is 31.2 Å². The smallest absolute Gasteiger partial charge is 0.305 e. The van der Waals surface area contributed by atoms with Gasteiger partial charge in [-0.2, -0.15) is 0 Å². The maximum absolute atomic E-state index is 12.5. The average Bonchev–Trinajstić information content (AvgIpc) is 3.10. The molecule has 0 fully saturated rings. The standard InChI is InChI=1S/C20H20ClN3O4S2/c1-14-2-4-15(5-3-14)19-22-23-20(24(19)11-10-18(25)26)29-12-13-30(27,28)17-8-6-16(21)7-9-17/h2-9H,10-13H2,1H3,(H,25,26). The van der Waals surface area contributed by atoms with Crippen LogP contribution in [0.3, 0.4) is 0 Å². The zero-order valence-electron chi connectivity index (χ0n) is 16.2. The highest BCUT2D eigenvalue weighted by atomic mass is 35.5. The summed E-state index contributed by atoms with van der Waals surface area (Å²) in [6.45, 7) is 2.17. The zero-order valence-corrected chi connectivity index (χ0v) is 18.5. The van der Waals surface area contributed by atoms with Crippen LogP contribution in [0.5, 0.6) is 0 Å². The molecule has 10 heteroatoms. The van der Waals surface area contributed by atoms with E-state index in [2.05, 4.69) is 10.2 Å². The first kappa shape index (κ1) is 22.3. The lowest BCUT2D eigenvalue weighted by molar-refractivity contribution is -0.137. The molecule has 3 rings (SSSR count). The van der Waals surface area contributed by atoms with Crippen molar-refractivity contribution in [2.75, 3.05) is 11.5 Å². The summed E-state index contributed by atoms with van der Waals surface area (Å²) in [7, 11) is -3.47. The molecule has 0 saturated heterocycles. The molecule has 0 radical (unpaired) electrons. The van der Waals surface area contributed by atoms with Crippen molar-refractivity contribution in [1.82, 2.24) is 14.8 Å². The molecule has 0 amide bonds. The number of sulfone groups is 1. The summed E-state index contributed by atoms with van der Waals surface area (Å²) in [5.41, 5.74) is 1.91. The highest BCUT2D eigenvalue weighted by Crippen LogP contribution is 2.25. The molecule has 0 spiro atoms. The zero-order chi connectivity index (χ0) is 21.7. The van der Waals surface area contributed by atoms with E-state index < -0.39 is 15.8 Å². The SMILES string of the molecule is Cc1ccc(-c2nnc(SCCS(=O)(=O)c3ccc(Cl)cc3)n2CCC(=O)O)cc1. The number of carboxylic acid groups (broad SMARTS) is 1. The Balaban J connectivity index is 1.77. The molecule has 0 aliphatic rings. The van der Waals surface area contributed by atoms with Gasteiger partial charge in [0, 0.05) is 22.9 Å². The number of thioether (sulfide) groups is 1. The Hall–Kier alpha value is -2.36. The van der Waals surface area contributed by atoms with Gasteiger partial charge in [0.2, 0.25) is 0 Å². The van der Waals surface area contributed by atoms with Crippen LogP contribution in [-0.2, 0) is 21.2 Å². The highest BCUT2D eigenvalue weighted by molar-refractivity contribution is 8.00. The summed E-state index contributed by atoms with van der Waals surface area (Å²) in [5, 5.41) is 18.4. The van der Waals surface area contributed by atoms with Crippen LogP contribution in [0, 0.1) is 6.92 Å². The van der Waals surface area contributed by atoms with Crippen molar-refractivity contribution in [2.24, 2.45) is 0 Å². The largest absolute Gasteiger partial charge is 0.481 e. The second kappa shape index (κ2) is 9.63. The number of nitrogens with zero attached hydrogens (tertiary/aromatic N) is 3. The van der Waals surface area contributed by atoms with Crippen LogP contribution >= 0.6 is 23.4 Å². The van der Waals surface area contributed by atoms with E-state index in [0.717, 1.165) is 11.1 Å². The molecule has 7 nitrogen and oxygen atoms in total. The number of aromatic nitrogens is 3. The second-order valence-corrected chi connectivity index (χ2v) is 10.2. The lowest BCUT2D eigenvalue weighted by atomic mass is 10.1. The van der Waals surface area contributed by atoms with Crippen molar-refractivity contribution in [3.8, 4) is 11.4 Å². The quantitative estimate of drug-likeness (QED) is 0.477. The topological polar surface area (TPSA) is 102 Å². The van der Waals surface area contributed by atoms with Gasteiger partial charge in [-0.05, 0) is 31.2 Å². The predicted octanol–water partition coefficient (Wildman–Crippen LogP) is 3.95. The van der Waals surface area contributed by atoms with E-state index in [4.69, 9.17) is 16.7 Å². The molecule has 0 atom stereocenters. The Bertz CT molecular complexity index is 1130. The van der Waals surface area contributed by atoms with Crippen molar-refractivity contribution >= 4 is 39.2 Å². The monoisotopic (exact) mass is 465 g/mol. The van der Waals surface area contributed by atoms with Gasteiger partial charge in [-0.1, -0.05) is 53.2 Å². The Kier molecular flexibility index (Phi) is 7.17. The fraction of sp³-hybridized carbons (Fsp3) is 0.250. The van der Waals surface area contributed by atoms with Crippen LogP contribution in [0.15, 0.2) is 58.6 Å². The normalized spacial score (nSPS) is 11.5. The van der Waals surface area contributed by atoms with E-state index in [9.17, 15) is 13.2 Å². The summed E-state index contributed by atoms with van der Waals surface area (Å²) in [4.78, 5) is 11.3. The van der Waals surface area contributed by atoms with Crippen molar-refractivity contribution < 1.29 is 18.3 Å². The van der Waals surface area contributed by atoms with Gasteiger partial charge in [0.25, 0.3) is 0 Å². The molecule has 3 aromatic rings. The summed E-state index contributed by atoms with van der Waals surface area (Å²) in [6, 6.07) is 13.7. The summed E-state index contributed by atoms with van der Waals surface area (Å²) in [6.07, 6.45) is -0.0897. The van der Waals surface area contributed by atoms with E-state index in [1.54, 1.807) is 4.57 Å². The number of aryl methyl sites for hydroxylation is 1. The molecule has 2 aromatic carbocycles. The maximum Gasteiger partial charge on any atom is 0.305 e. The molecular formula is C20H20ClN3O4S2. The number of hydrogen-bond acceptors (Lipinski definition) is 6. The van der Waals surface area contributed by atoms with E-state index in [-0.39, 0.29) is 29.4 Å². The molecule has 0 aliphatic heterocycles. The summed E-state index contributed by atoms with van der Waals surface area (Å²) in [5.74, 6) is -0.214. The van der Waals surface area contributed by atoms with E-state index in [1.165, 1.54) is 36.0 Å². The molecule has 1 aromatic heterocycles. The second-order valence-electron chi connectivity index (χ2n) is 6.59. The van der Waals surface area contributed by atoms with Crippen LogP contribution in [-0.4, -0.2) is 45.8 Å². The Labute approximate surface area is 184 Å². The van der Waals surface area contributed by atoms with Crippen molar-refractivity contribution in [3.05, 3.63) is 59.1 Å². The van der Waals surface area contributed by atoms with Crippen LogP contribution in [0.1, 0.15) is 12.0 Å². The number of rotatable bonds is 9. The Morgan fingerprint density at radius 3 is 2.40 bits per heavy atom. The van der Waals surface area contributed by atoms with E-state index >= 15 is 0 Å². The van der Waals surface area contributed by atoms with Gasteiger partial charge in [-0.25, -0.2) is 8.42 Å². The van der Waals surface area contributed by atoms with Crippen LogP contribution < -0.4 is 0 Å². The summed E-state index contributed by atoms with van der Waals surface area (Å²) >= 11 is 7.05. The van der Waals surface area contributed by atoms with Gasteiger partial charge >= 0.3 is 5.97 Å². The third kappa shape index (κ3) is 5.62. The number of hydrogen-bond donors (Lipinski definition) is 1. The van der Waals surface area contributed by atoms with Gasteiger partial charge in [-0.15, -0.1) is 10.2 Å². The number of halogens is 1. The molecule has 0 saturated carbocycles. The molecule has 0 bridgehead atoms. The molecule has 0 aliphatic carbocycles. The summed E-state index contributed by atoms with van der Waals surface area (Å²) < 4.78 is 26.8. The van der Waals surface area contributed by atoms with Gasteiger partial charge < -0.3 is 9.67 Å². The number of benzene rings is 2. The Morgan fingerprint density at radius 1 is 1.10 bits per heavy atom. The average molecular weight is 466 g/mol. The van der Waals surface area contributed by atoms with Crippen LogP contribution in [0.4, 0.5) is 0 Å². The molecule has 0 unspecified atom stereocenters. The number of aliphatic carboxylic acids is 1.